The lowest BCUT2D eigenvalue weighted by atomic mass is 10.0. The molecule has 0 radical (unpaired) electrons. The lowest BCUT2D eigenvalue weighted by molar-refractivity contribution is 0.0237. The highest BCUT2D eigenvalue weighted by Crippen LogP contribution is 2.27. The minimum atomic E-state index is -0.816. The first-order valence-electron chi connectivity index (χ1n) is 13.3. The molecule has 8 heteroatoms. The molecule has 1 aromatic heterocycles. The van der Waals surface area contributed by atoms with E-state index in [1.807, 2.05) is 42.7 Å². The van der Waals surface area contributed by atoms with Gasteiger partial charge in [-0.15, -0.1) is 0 Å². The normalized spacial score (nSPS) is 12.8. The van der Waals surface area contributed by atoms with E-state index < -0.39 is 29.7 Å². The van der Waals surface area contributed by atoms with Gasteiger partial charge in [-0.3, -0.25) is 0 Å². The first-order chi connectivity index (χ1) is 19.1. The number of hydrogen-bond donors (Lipinski definition) is 3. The van der Waals surface area contributed by atoms with Crippen LogP contribution in [0.25, 0.3) is 5.69 Å². The highest BCUT2D eigenvalue weighted by molar-refractivity contribution is 5.90. The Morgan fingerprint density at radius 2 is 1.62 bits per heavy atom. The number of halogens is 2. The summed E-state index contributed by atoms with van der Waals surface area (Å²) in [5.74, 6) is -2.13. The van der Waals surface area contributed by atoms with Crippen molar-refractivity contribution in [2.75, 3.05) is 6.54 Å². The molecule has 40 heavy (non-hydrogen) atoms. The van der Waals surface area contributed by atoms with Gasteiger partial charge in [0.25, 0.3) is 0 Å². The molecule has 0 spiro atoms. The number of aromatic hydroxyl groups is 1. The molecule has 0 aliphatic heterocycles. The molecule has 1 heterocycles. The number of phenolic OH excluding ortho intramolecular Hbond substituents is 1. The van der Waals surface area contributed by atoms with Crippen molar-refractivity contribution in [3.63, 3.8) is 0 Å². The fourth-order valence-corrected chi connectivity index (χ4v) is 4.82. The number of esters is 1. The molecule has 0 saturated heterocycles. The second kappa shape index (κ2) is 12.9. The third-order valence-electron chi connectivity index (χ3n) is 6.93. The molecular formula is C32H35F2N3O3. The third kappa shape index (κ3) is 7.14. The lowest BCUT2D eigenvalue weighted by Crippen LogP contribution is -2.46. The SMILES string of the molecule is CCc1cccc(CNC[C@@H](OC(=O)c2ccc(-n3c(C)ccc3C)c(O)c2)[C@@H](N)Cc2cc(F)cc(F)c2)c1. The number of ether oxygens (including phenoxy) is 1. The van der Waals surface area contributed by atoms with Crippen LogP contribution in [0, 0.1) is 25.5 Å². The predicted molar refractivity (Wildman–Crippen MR) is 152 cm³/mol. The van der Waals surface area contributed by atoms with Crippen LogP contribution in [0.1, 0.15) is 45.4 Å². The van der Waals surface area contributed by atoms with Gasteiger partial charge in [0.15, 0.2) is 0 Å². The smallest absolute Gasteiger partial charge is 0.338 e. The van der Waals surface area contributed by atoms with E-state index in [-0.39, 0.29) is 24.3 Å². The largest absolute Gasteiger partial charge is 0.506 e. The number of nitrogens with one attached hydrogen (secondary N) is 1. The summed E-state index contributed by atoms with van der Waals surface area (Å²) in [6.45, 7) is 6.68. The van der Waals surface area contributed by atoms with Gasteiger partial charge in [0.1, 0.15) is 23.5 Å². The number of nitrogens with two attached hydrogens (primary N) is 1. The zero-order chi connectivity index (χ0) is 28.8. The summed E-state index contributed by atoms with van der Waals surface area (Å²) in [6.07, 6.45) is 0.192. The standard InChI is InChI=1S/C32H35F2N3O3/c1-4-22-6-5-7-23(12-22)18-36-19-31(28(35)15-24-13-26(33)17-27(34)14-24)40-32(39)25-10-11-29(30(38)16-25)37-20(2)8-9-21(37)3/h5-14,16-17,28,31,36,38H,4,15,18-19,35H2,1-3H3/t28-,31+/m0/s1. The summed E-state index contributed by atoms with van der Waals surface area (Å²) in [7, 11) is 0. The van der Waals surface area contributed by atoms with Gasteiger partial charge in [-0.25, -0.2) is 13.6 Å². The van der Waals surface area contributed by atoms with Crippen LogP contribution in [0.2, 0.25) is 0 Å². The third-order valence-corrected chi connectivity index (χ3v) is 6.93. The van der Waals surface area contributed by atoms with Crippen molar-refractivity contribution in [2.24, 2.45) is 5.73 Å². The van der Waals surface area contributed by atoms with Crippen LogP contribution in [-0.4, -0.2) is 34.3 Å². The topological polar surface area (TPSA) is 89.5 Å². The number of hydrogen-bond acceptors (Lipinski definition) is 5. The van der Waals surface area contributed by atoms with Gasteiger partial charge in [0.2, 0.25) is 0 Å². The number of aromatic nitrogens is 1. The molecule has 0 saturated carbocycles. The number of benzene rings is 3. The van der Waals surface area contributed by atoms with E-state index >= 15 is 0 Å². The Labute approximate surface area is 233 Å². The molecule has 4 N–H and O–H groups in total. The summed E-state index contributed by atoms with van der Waals surface area (Å²) in [6, 6.07) is 19.1. The maximum atomic E-state index is 13.8. The van der Waals surface area contributed by atoms with Gasteiger partial charge < -0.3 is 25.5 Å². The molecule has 0 aliphatic rings. The summed E-state index contributed by atoms with van der Waals surface area (Å²) in [5.41, 5.74) is 11.7. The van der Waals surface area contributed by atoms with Crippen LogP contribution in [0.4, 0.5) is 8.78 Å². The van der Waals surface area contributed by atoms with Gasteiger partial charge in [0, 0.05) is 36.6 Å². The van der Waals surface area contributed by atoms with Crippen molar-refractivity contribution in [3.05, 3.63) is 118 Å². The Morgan fingerprint density at radius 1 is 0.950 bits per heavy atom. The number of carbonyl (C=O) groups is 1. The second-order valence-electron chi connectivity index (χ2n) is 10.0. The summed E-state index contributed by atoms with van der Waals surface area (Å²) in [4.78, 5) is 13.2. The molecule has 6 nitrogen and oxygen atoms in total. The Balaban J connectivity index is 1.51. The van der Waals surface area contributed by atoms with Crippen LogP contribution in [-0.2, 0) is 24.1 Å². The Bertz CT molecular complexity index is 1440. The van der Waals surface area contributed by atoms with Gasteiger partial charge in [-0.05, 0) is 85.8 Å². The Kier molecular flexibility index (Phi) is 9.34. The number of rotatable bonds is 11. The number of nitrogens with zero attached hydrogens (tertiary/aromatic N) is 1. The van der Waals surface area contributed by atoms with Crippen molar-refractivity contribution in [2.45, 2.75) is 52.3 Å². The van der Waals surface area contributed by atoms with Crippen molar-refractivity contribution in [1.82, 2.24) is 9.88 Å². The average molecular weight is 548 g/mol. The minimum absolute atomic E-state index is 0.0677. The monoisotopic (exact) mass is 547 g/mol. The summed E-state index contributed by atoms with van der Waals surface area (Å²) < 4.78 is 35.3. The van der Waals surface area contributed by atoms with Crippen molar-refractivity contribution in [3.8, 4) is 11.4 Å². The van der Waals surface area contributed by atoms with Crippen LogP contribution >= 0.6 is 0 Å². The van der Waals surface area contributed by atoms with Gasteiger partial charge in [0.05, 0.1) is 11.3 Å². The van der Waals surface area contributed by atoms with E-state index in [1.54, 1.807) is 12.1 Å². The van der Waals surface area contributed by atoms with E-state index in [4.69, 9.17) is 10.5 Å². The Morgan fingerprint density at radius 3 is 2.27 bits per heavy atom. The summed E-state index contributed by atoms with van der Waals surface area (Å²) >= 11 is 0. The van der Waals surface area contributed by atoms with Crippen LogP contribution < -0.4 is 11.1 Å². The second-order valence-corrected chi connectivity index (χ2v) is 10.0. The fourth-order valence-electron chi connectivity index (χ4n) is 4.82. The molecule has 210 valence electrons. The highest BCUT2D eigenvalue weighted by atomic mass is 19.1. The molecule has 3 aromatic carbocycles. The highest BCUT2D eigenvalue weighted by Gasteiger charge is 2.24. The molecule has 0 amide bonds. The van der Waals surface area contributed by atoms with Crippen LogP contribution in [0.3, 0.4) is 0 Å². The first kappa shape index (κ1) is 29.0. The van der Waals surface area contributed by atoms with Crippen molar-refractivity contribution in [1.29, 1.82) is 0 Å². The molecule has 4 aromatic rings. The maximum absolute atomic E-state index is 13.8. The number of phenols is 1. The van der Waals surface area contributed by atoms with E-state index in [0.717, 1.165) is 29.4 Å². The van der Waals surface area contributed by atoms with Crippen LogP contribution in [0.5, 0.6) is 5.75 Å². The quantitative estimate of drug-likeness (QED) is 0.215. The molecule has 0 fully saturated rings. The van der Waals surface area contributed by atoms with E-state index in [9.17, 15) is 18.7 Å². The van der Waals surface area contributed by atoms with Gasteiger partial charge in [-0.2, -0.15) is 0 Å². The van der Waals surface area contributed by atoms with Gasteiger partial charge in [-0.1, -0.05) is 31.2 Å². The lowest BCUT2D eigenvalue weighted by Gasteiger charge is -2.25. The molecular weight excluding hydrogens is 512 g/mol. The zero-order valence-corrected chi connectivity index (χ0v) is 23.0. The van der Waals surface area contributed by atoms with Crippen molar-refractivity contribution < 1.29 is 23.4 Å². The average Bonchev–Trinajstić information content (AvgIpc) is 3.24. The van der Waals surface area contributed by atoms with E-state index in [0.29, 0.717) is 17.8 Å². The number of aryl methyl sites for hydroxylation is 3. The van der Waals surface area contributed by atoms with Crippen LogP contribution in [0.15, 0.2) is 72.8 Å². The number of carbonyl (C=O) groups excluding carboxylic acids is 1. The molecule has 2 atom stereocenters. The minimum Gasteiger partial charge on any atom is -0.506 e. The fraction of sp³-hybridized carbons (Fsp3) is 0.281. The van der Waals surface area contributed by atoms with E-state index in [2.05, 4.69) is 24.4 Å². The van der Waals surface area contributed by atoms with Crippen molar-refractivity contribution >= 4 is 5.97 Å². The summed E-state index contributed by atoms with van der Waals surface area (Å²) in [5, 5.41) is 14.0. The molecule has 0 aliphatic carbocycles. The maximum Gasteiger partial charge on any atom is 0.338 e. The zero-order valence-electron chi connectivity index (χ0n) is 23.0. The molecule has 4 rings (SSSR count). The predicted octanol–water partition coefficient (Wildman–Crippen LogP) is 5.53. The molecule has 0 unspecified atom stereocenters. The first-order valence-corrected chi connectivity index (χ1v) is 13.3. The van der Waals surface area contributed by atoms with Gasteiger partial charge >= 0.3 is 5.97 Å². The van der Waals surface area contributed by atoms with E-state index in [1.165, 1.54) is 23.8 Å². The molecule has 0 bridgehead atoms. The Hall–Kier alpha value is -4.01.